The highest BCUT2D eigenvalue weighted by Crippen LogP contribution is 2.39. The monoisotopic (exact) mass is 441 g/mol. The van der Waals surface area contributed by atoms with Gasteiger partial charge in [0, 0.05) is 16.9 Å². The van der Waals surface area contributed by atoms with Crippen molar-refractivity contribution in [1.29, 1.82) is 0 Å². The standard InChI is InChI=1S/C27H24ClN3O/c1-2-19-13-15-21(16-14-19)29-27(32)31-18-20-8-3-6-11-24(20)30-17-7-12-25(30)26(31)22-9-4-5-10-23(22)28/h3-17,26H,2,18H2,1H3,(H,29,32). The van der Waals surface area contributed by atoms with E-state index in [2.05, 4.69) is 35.0 Å². The molecule has 1 aromatic heterocycles. The maximum Gasteiger partial charge on any atom is 0.322 e. The summed E-state index contributed by atoms with van der Waals surface area (Å²) >= 11 is 6.65. The molecular weight excluding hydrogens is 418 g/mol. The van der Waals surface area contributed by atoms with E-state index in [1.54, 1.807) is 0 Å². The number of nitrogens with one attached hydrogen (secondary N) is 1. The Balaban J connectivity index is 1.61. The van der Waals surface area contributed by atoms with Gasteiger partial charge in [0.1, 0.15) is 6.04 Å². The lowest BCUT2D eigenvalue weighted by Gasteiger charge is -2.31. The van der Waals surface area contributed by atoms with E-state index in [0.717, 1.165) is 34.6 Å². The smallest absolute Gasteiger partial charge is 0.318 e. The molecule has 1 aliphatic heterocycles. The molecule has 0 bridgehead atoms. The van der Waals surface area contributed by atoms with Gasteiger partial charge >= 0.3 is 6.03 Å². The summed E-state index contributed by atoms with van der Waals surface area (Å²) in [5, 5.41) is 3.74. The molecule has 0 saturated carbocycles. The second kappa shape index (κ2) is 8.56. The average molecular weight is 442 g/mol. The number of anilines is 1. The molecule has 0 aliphatic carbocycles. The second-order valence-corrected chi connectivity index (χ2v) is 8.37. The molecule has 5 rings (SSSR count). The van der Waals surface area contributed by atoms with Crippen LogP contribution in [0.2, 0.25) is 5.02 Å². The topological polar surface area (TPSA) is 37.3 Å². The summed E-state index contributed by atoms with van der Waals surface area (Å²) in [4.78, 5) is 15.5. The number of aryl methyl sites for hydroxylation is 1. The van der Waals surface area contributed by atoms with E-state index in [-0.39, 0.29) is 12.1 Å². The van der Waals surface area contributed by atoms with Gasteiger partial charge in [-0.1, -0.05) is 67.1 Å². The quantitative estimate of drug-likeness (QED) is 0.371. The Kier molecular flexibility index (Phi) is 5.46. The van der Waals surface area contributed by atoms with Crippen LogP contribution in [-0.2, 0) is 13.0 Å². The Morgan fingerprint density at radius 2 is 1.72 bits per heavy atom. The minimum absolute atomic E-state index is 0.163. The molecule has 0 saturated heterocycles. The van der Waals surface area contributed by atoms with Gasteiger partial charge in [-0.15, -0.1) is 0 Å². The van der Waals surface area contributed by atoms with Crippen molar-refractivity contribution in [3.63, 3.8) is 0 Å². The van der Waals surface area contributed by atoms with Crippen molar-refractivity contribution in [3.05, 3.63) is 119 Å². The van der Waals surface area contributed by atoms with Crippen LogP contribution in [0.15, 0.2) is 91.1 Å². The first-order valence-electron chi connectivity index (χ1n) is 10.8. The summed E-state index contributed by atoms with van der Waals surface area (Å²) in [6.45, 7) is 2.58. The molecule has 32 heavy (non-hydrogen) atoms. The summed E-state index contributed by atoms with van der Waals surface area (Å²) in [5.74, 6) is 0. The molecule has 0 radical (unpaired) electrons. The maximum atomic E-state index is 13.7. The molecule has 3 aromatic carbocycles. The lowest BCUT2D eigenvalue weighted by molar-refractivity contribution is 0.194. The number of fused-ring (bicyclic) bond motifs is 3. The first-order valence-corrected chi connectivity index (χ1v) is 11.2. The predicted octanol–water partition coefficient (Wildman–Crippen LogP) is 6.83. The van der Waals surface area contributed by atoms with Crippen LogP contribution >= 0.6 is 11.6 Å². The average Bonchev–Trinajstić information content (AvgIpc) is 3.25. The number of aromatic nitrogens is 1. The Labute approximate surface area is 193 Å². The number of carbonyl (C=O) groups is 1. The fourth-order valence-electron chi connectivity index (χ4n) is 4.38. The van der Waals surface area contributed by atoms with E-state index in [1.165, 1.54) is 5.56 Å². The molecule has 5 heteroatoms. The third kappa shape index (κ3) is 3.67. The number of amides is 2. The SMILES string of the molecule is CCc1ccc(NC(=O)N2Cc3ccccc3-n3cccc3C2c2ccccc2Cl)cc1. The Morgan fingerprint density at radius 3 is 2.50 bits per heavy atom. The van der Waals surface area contributed by atoms with Crippen LogP contribution in [0.5, 0.6) is 0 Å². The number of halogens is 1. The molecule has 2 heterocycles. The van der Waals surface area contributed by atoms with Crippen molar-refractivity contribution in [2.45, 2.75) is 25.9 Å². The Morgan fingerprint density at radius 1 is 0.969 bits per heavy atom. The van der Waals surface area contributed by atoms with Crippen molar-refractivity contribution in [1.82, 2.24) is 9.47 Å². The van der Waals surface area contributed by atoms with Crippen LogP contribution in [-0.4, -0.2) is 15.5 Å². The predicted molar refractivity (Wildman–Crippen MR) is 129 cm³/mol. The summed E-state index contributed by atoms with van der Waals surface area (Å²) in [7, 11) is 0. The number of benzene rings is 3. The van der Waals surface area contributed by atoms with Crippen molar-refractivity contribution in [2.75, 3.05) is 5.32 Å². The highest BCUT2D eigenvalue weighted by atomic mass is 35.5. The highest BCUT2D eigenvalue weighted by Gasteiger charge is 2.34. The number of hydrogen-bond acceptors (Lipinski definition) is 1. The first-order chi connectivity index (χ1) is 15.7. The van der Waals surface area contributed by atoms with Crippen LogP contribution in [0, 0.1) is 0 Å². The molecule has 0 fully saturated rings. The fraction of sp³-hybridized carbons (Fsp3) is 0.148. The third-order valence-electron chi connectivity index (χ3n) is 6.04. The van der Waals surface area contributed by atoms with Crippen LogP contribution in [0.25, 0.3) is 5.69 Å². The van der Waals surface area contributed by atoms with Gasteiger partial charge in [-0.05, 0) is 59.5 Å². The summed E-state index contributed by atoms with van der Waals surface area (Å²) < 4.78 is 2.16. The van der Waals surface area contributed by atoms with E-state index in [4.69, 9.17) is 11.6 Å². The molecular formula is C27H24ClN3O. The number of para-hydroxylation sites is 1. The van der Waals surface area contributed by atoms with Crippen LogP contribution in [0.4, 0.5) is 10.5 Å². The number of urea groups is 1. The normalized spacial score (nSPS) is 14.9. The van der Waals surface area contributed by atoms with Crippen molar-refractivity contribution >= 4 is 23.3 Å². The first kappa shape index (κ1) is 20.4. The van der Waals surface area contributed by atoms with Crippen molar-refractivity contribution < 1.29 is 4.79 Å². The lowest BCUT2D eigenvalue weighted by atomic mass is 10.0. The molecule has 4 aromatic rings. The number of carbonyl (C=O) groups excluding carboxylic acids is 1. The summed E-state index contributed by atoms with van der Waals surface area (Å²) in [6.07, 6.45) is 3.01. The van der Waals surface area contributed by atoms with E-state index < -0.39 is 0 Å². The molecule has 1 aliphatic rings. The van der Waals surface area contributed by atoms with Crippen molar-refractivity contribution in [3.8, 4) is 5.69 Å². The van der Waals surface area contributed by atoms with Gasteiger partial charge in [0.2, 0.25) is 0 Å². The molecule has 2 amide bonds. The number of nitrogens with zero attached hydrogens (tertiary/aromatic N) is 2. The molecule has 0 spiro atoms. The fourth-order valence-corrected chi connectivity index (χ4v) is 4.62. The van der Waals surface area contributed by atoms with Gasteiger partial charge in [0.05, 0.1) is 17.9 Å². The largest absolute Gasteiger partial charge is 0.322 e. The summed E-state index contributed by atoms with van der Waals surface area (Å²) in [5.41, 5.74) is 6.07. The molecule has 1 unspecified atom stereocenters. The van der Waals surface area contributed by atoms with Crippen molar-refractivity contribution in [2.24, 2.45) is 0 Å². The molecule has 1 atom stereocenters. The van der Waals surface area contributed by atoms with Gasteiger partial charge in [0.25, 0.3) is 0 Å². The van der Waals surface area contributed by atoms with E-state index in [0.29, 0.717) is 11.6 Å². The van der Waals surface area contributed by atoms with Gasteiger partial charge < -0.3 is 14.8 Å². The number of rotatable bonds is 3. The third-order valence-corrected chi connectivity index (χ3v) is 6.38. The summed E-state index contributed by atoms with van der Waals surface area (Å²) in [6, 6.07) is 27.5. The second-order valence-electron chi connectivity index (χ2n) is 7.96. The van der Waals surface area contributed by atoms with E-state index in [1.807, 2.05) is 77.8 Å². The maximum absolute atomic E-state index is 13.7. The number of hydrogen-bond donors (Lipinski definition) is 1. The van der Waals surface area contributed by atoms with Crippen LogP contribution < -0.4 is 5.32 Å². The molecule has 1 N–H and O–H groups in total. The van der Waals surface area contributed by atoms with Crippen LogP contribution in [0.1, 0.15) is 35.3 Å². The zero-order valence-electron chi connectivity index (χ0n) is 17.8. The zero-order chi connectivity index (χ0) is 22.1. The van der Waals surface area contributed by atoms with Crippen LogP contribution in [0.3, 0.4) is 0 Å². The zero-order valence-corrected chi connectivity index (χ0v) is 18.6. The van der Waals surface area contributed by atoms with E-state index >= 15 is 0 Å². The minimum Gasteiger partial charge on any atom is -0.318 e. The molecule has 160 valence electrons. The Bertz CT molecular complexity index is 1260. The van der Waals surface area contributed by atoms with E-state index in [9.17, 15) is 4.79 Å². The molecule has 4 nitrogen and oxygen atoms in total. The highest BCUT2D eigenvalue weighted by molar-refractivity contribution is 6.31. The van der Waals surface area contributed by atoms with Gasteiger partial charge in [-0.2, -0.15) is 0 Å². The minimum atomic E-state index is -0.332. The Hall–Kier alpha value is -3.50. The van der Waals surface area contributed by atoms with Gasteiger partial charge in [-0.3, -0.25) is 0 Å². The van der Waals surface area contributed by atoms with Gasteiger partial charge in [-0.25, -0.2) is 4.79 Å². The lowest BCUT2D eigenvalue weighted by Crippen LogP contribution is -2.38. The van der Waals surface area contributed by atoms with Gasteiger partial charge in [0.15, 0.2) is 0 Å².